The smallest absolute Gasteiger partial charge is 0.127 e. The lowest BCUT2D eigenvalue weighted by Gasteiger charge is -2.38. The molecule has 4 atom stereocenters. The molecule has 0 amide bonds. The number of rotatable bonds is 21. The average molecular weight is 855 g/mol. The summed E-state index contributed by atoms with van der Waals surface area (Å²) in [5, 5.41) is 20.8. The van der Waals surface area contributed by atoms with Crippen molar-refractivity contribution in [2.24, 2.45) is 17.8 Å². The molecule has 2 N–H and O–H groups in total. The zero-order chi connectivity index (χ0) is 46.4. The fraction of sp³-hybridized carbons (Fsp3) is 0.690. The van der Waals surface area contributed by atoms with Crippen LogP contribution < -0.4 is 9.47 Å². The summed E-state index contributed by atoms with van der Waals surface area (Å²) in [5.41, 5.74) is 12.7. The number of fused-ring (bicyclic) bond motifs is 2. The monoisotopic (exact) mass is 855 g/mol. The highest BCUT2D eigenvalue weighted by atomic mass is 16.5. The number of aromatic hydroxyl groups is 2. The van der Waals surface area contributed by atoms with E-state index in [0.29, 0.717) is 11.5 Å². The van der Waals surface area contributed by atoms with Gasteiger partial charge in [0.1, 0.15) is 34.2 Å². The van der Waals surface area contributed by atoms with E-state index in [9.17, 15) is 10.2 Å². The Morgan fingerprint density at radius 3 is 1.39 bits per heavy atom. The van der Waals surface area contributed by atoms with Gasteiger partial charge in [-0.3, -0.25) is 0 Å². The minimum Gasteiger partial charge on any atom is -0.507 e. The third kappa shape index (κ3) is 16.1. The first-order valence-corrected chi connectivity index (χ1v) is 25.0. The van der Waals surface area contributed by atoms with Crippen LogP contribution >= 0.6 is 0 Å². The Morgan fingerprint density at radius 1 is 0.532 bits per heavy atom. The first kappa shape index (κ1) is 53.2. The maximum atomic E-state index is 10.4. The van der Waals surface area contributed by atoms with Crippen molar-refractivity contribution in [1.29, 1.82) is 0 Å². The Hall–Kier alpha value is -3.14. The highest BCUT2D eigenvalue weighted by Gasteiger charge is 2.35. The molecule has 0 spiro atoms. The molecule has 4 heteroatoms. The summed E-state index contributed by atoms with van der Waals surface area (Å²) in [4.78, 5) is 0. The highest BCUT2D eigenvalue weighted by Crippen LogP contribution is 2.46. The van der Waals surface area contributed by atoms with Crippen LogP contribution in [-0.4, -0.2) is 21.4 Å². The van der Waals surface area contributed by atoms with E-state index in [1.54, 1.807) is 0 Å². The van der Waals surface area contributed by atoms with Gasteiger partial charge in [0.25, 0.3) is 0 Å². The van der Waals surface area contributed by atoms with Crippen molar-refractivity contribution in [3.63, 3.8) is 0 Å². The molecule has 0 saturated heterocycles. The third-order valence-corrected chi connectivity index (χ3v) is 14.7. The zero-order valence-corrected chi connectivity index (χ0v) is 43.1. The fourth-order valence-corrected chi connectivity index (χ4v) is 9.71. The van der Waals surface area contributed by atoms with Crippen molar-refractivity contribution in [3.05, 3.63) is 79.5 Å². The fourth-order valence-electron chi connectivity index (χ4n) is 9.71. The van der Waals surface area contributed by atoms with Gasteiger partial charge in [-0.1, -0.05) is 108 Å². The van der Waals surface area contributed by atoms with Crippen molar-refractivity contribution in [1.82, 2.24) is 0 Å². The summed E-state index contributed by atoms with van der Waals surface area (Å²) < 4.78 is 13.2. The molecule has 0 radical (unpaired) electrons. The largest absolute Gasteiger partial charge is 0.507 e. The van der Waals surface area contributed by atoms with Gasteiger partial charge in [0.15, 0.2) is 0 Å². The molecule has 2 aliphatic heterocycles. The van der Waals surface area contributed by atoms with Crippen LogP contribution in [-0.2, 0) is 12.8 Å². The predicted molar refractivity (Wildman–Crippen MR) is 269 cm³/mol. The molecule has 2 aromatic carbocycles. The number of phenolic OH excluding ortho intramolecular Hbond substituents is 2. The first-order valence-electron chi connectivity index (χ1n) is 25.0. The van der Waals surface area contributed by atoms with E-state index in [1.807, 2.05) is 27.7 Å². The zero-order valence-electron chi connectivity index (χ0n) is 43.1. The molecular formula is C58H94O4. The second-order valence-corrected chi connectivity index (χ2v) is 21.5. The number of phenols is 2. The SMILES string of the molecule is CC(C)=CCC/C(C)=C/CC/C(C)=C/CC[C@@]1(C)CCc2c(C)c(O)c(C)c(C)c2O1.Cc1c(C)c2c(c(C)c1O)CC[C@](C)(CCC[C@H](C)CCC[C@H](C)CCCC(C)C)O2. The van der Waals surface area contributed by atoms with Crippen LogP contribution in [0.25, 0.3) is 0 Å². The third-order valence-electron chi connectivity index (χ3n) is 14.7. The Bertz CT molecular complexity index is 1840. The van der Waals surface area contributed by atoms with Gasteiger partial charge in [-0.05, 0) is 211 Å². The van der Waals surface area contributed by atoms with Crippen LogP contribution in [0.5, 0.6) is 23.0 Å². The van der Waals surface area contributed by atoms with Crippen LogP contribution in [0.4, 0.5) is 0 Å². The maximum Gasteiger partial charge on any atom is 0.127 e. The van der Waals surface area contributed by atoms with Crippen LogP contribution in [0.2, 0.25) is 0 Å². The number of allylic oxidation sites excluding steroid dienone is 6. The number of hydrogen-bond donors (Lipinski definition) is 2. The summed E-state index contributed by atoms with van der Waals surface area (Å²) >= 11 is 0. The molecule has 350 valence electrons. The van der Waals surface area contributed by atoms with Gasteiger partial charge in [0.2, 0.25) is 0 Å². The van der Waals surface area contributed by atoms with Crippen LogP contribution in [0.1, 0.15) is 223 Å². The molecule has 4 nitrogen and oxygen atoms in total. The molecular weight excluding hydrogens is 761 g/mol. The molecule has 4 rings (SSSR count). The number of ether oxygens (including phenoxy) is 2. The van der Waals surface area contributed by atoms with Gasteiger partial charge >= 0.3 is 0 Å². The Kier molecular flexibility index (Phi) is 21.3. The Morgan fingerprint density at radius 2 is 0.935 bits per heavy atom. The average Bonchev–Trinajstić information content (AvgIpc) is 3.20. The van der Waals surface area contributed by atoms with Crippen molar-refractivity contribution >= 4 is 0 Å². The van der Waals surface area contributed by atoms with Gasteiger partial charge in [0.05, 0.1) is 0 Å². The Labute approximate surface area is 382 Å². The molecule has 2 aliphatic rings. The molecule has 0 bridgehead atoms. The van der Waals surface area contributed by atoms with E-state index in [0.717, 1.165) is 127 Å². The lowest BCUT2D eigenvalue weighted by molar-refractivity contribution is 0.0511. The minimum atomic E-state index is -0.133. The number of hydrogen-bond acceptors (Lipinski definition) is 4. The van der Waals surface area contributed by atoms with Crippen molar-refractivity contribution in [3.8, 4) is 23.0 Å². The predicted octanol–water partition coefficient (Wildman–Crippen LogP) is 17.4. The van der Waals surface area contributed by atoms with Crippen molar-refractivity contribution in [2.75, 3.05) is 0 Å². The van der Waals surface area contributed by atoms with E-state index < -0.39 is 0 Å². The summed E-state index contributed by atoms with van der Waals surface area (Å²) in [5.74, 6) is 5.48. The van der Waals surface area contributed by atoms with E-state index in [4.69, 9.17) is 9.47 Å². The van der Waals surface area contributed by atoms with Gasteiger partial charge in [-0.15, -0.1) is 0 Å². The normalized spacial score (nSPS) is 19.8. The van der Waals surface area contributed by atoms with Crippen molar-refractivity contribution < 1.29 is 19.7 Å². The molecule has 0 saturated carbocycles. The van der Waals surface area contributed by atoms with Gasteiger partial charge in [0, 0.05) is 11.1 Å². The molecule has 62 heavy (non-hydrogen) atoms. The van der Waals surface area contributed by atoms with E-state index in [-0.39, 0.29) is 11.2 Å². The van der Waals surface area contributed by atoms with Crippen LogP contribution in [0.3, 0.4) is 0 Å². The standard InChI is InChI=1S/C29H50O2.C29H44O2/c2*1-20(2)12-9-13-21(3)14-10-15-22(4)16-11-18-29(8)19-17-26-25(7)27(30)23(5)24(6)28(26)31-29/h20-22,30H,9-19H2,1-8H3;12,14,16,30H,9-11,13,15,17-19H2,1-8H3/b;21-14+,22-16+/t21-,22-,29+;29-/m10/s1. The topological polar surface area (TPSA) is 58.9 Å². The van der Waals surface area contributed by atoms with Crippen LogP contribution in [0.15, 0.2) is 34.9 Å². The van der Waals surface area contributed by atoms with Gasteiger partial charge in [-0.25, -0.2) is 0 Å². The van der Waals surface area contributed by atoms with Gasteiger partial charge < -0.3 is 19.7 Å². The first-order chi connectivity index (χ1) is 29.1. The second-order valence-electron chi connectivity index (χ2n) is 21.5. The maximum absolute atomic E-state index is 10.4. The van der Waals surface area contributed by atoms with Crippen LogP contribution in [0, 0.1) is 59.3 Å². The summed E-state index contributed by atoms with van der Waals surface area (Å²) in [6.45, 7) is 35.1. The molecule has 2 heterocycles. The molecule has 0 aliphatic carbocycles. The summed E-state index contributed by atoms with van der Waals surface area (Å²) in [7, 11) is 0. The van der Waals surface area contributed by atoms with E-state index >= 15 is 0 Å². The molecule has 0 aromatic heterocycles. The summed E-state index contributed by atoms with van der Waals surface area (Å²) in [6, 6.07) is 0. The minimum absolute atomic E-state index is 0.0712. The molecule has 0 fully saturated rings. The highest BCUT2D eigenvalue weighted by molar-refractivity contribution is 5.59. The lowest BCUT2D eigenvalue weighted by atomic mass is 9.84. The quantitative estimate of drug-likeness (QED) is 0.123. The lowest BCUT2D eigenvalue weighted by Crippen LogP contribution is -2.37. The molecule has 2 aromatic rings. The molecule has 0 unspecified atom stereocenters. The Balaban J connectivity index is 0.000000330. The second kappa shape index (κ2) is 24.8. The van der Waals surface area contributed by atoms with Gasteiger partial charge in [-0.2, -0.15) is 0 Å². The number of benzene rings is 2. The van der Waals surface area contributed by atoms with E-state index in [2.05, 4.69) is 101 Å². The summed E-state index contributed by atoms with van der Waals surface area (Å²) in [6.07, 6.45) is 29.8. The van der Waals surface area contributed by atoms with Crippen molar-refractivity contribution in [2.45, 2.75) is 244 Å². The van der Waals surface area contributed by atoms with E-state index in [1.165, 1.54) is 85.6 Å².